The number of nitrogens with zero attached hydrogens (tertiary/aromatic N) is 1. The van der Waals surface area contributed by atoms with Gasteiger partial charge in [0.1, 0.15) is 11.5 Å². The van der Waals surface area contributed by atoms with E-state index in [-0.39, 0.29) is 0 Å². The van der Waals surface area contributed by atoms with Crippen molar-refractivity contribution in [2.75, 3.05) is 6.61 Å². The fourth-order valence-electron chi connectivity index (χ4n) is 2.28. The molecular formula is C22H21NO3. The zero-order valence-electron chi connectivity index (χ0n) is 14.8. The number of esters is 1. The van der Waals surface area contributed by atoms with Crippen molar-refractivity contribution < 1.29 is 14.3 Å². The van der Waals surface area contributed by atoms with Crippen LogP contribution in [0, 0.1) is 23.2 Å². The van der Waals surface area contributed by atoms with Crippen LogP contribution in [0.3, 0.4) is 0 Å². The zero-order valence-corrected chi connectivity index (χ0v) is 14.8. The molecule has 0 bridgehead atoms. The van der Waals surface area contributed by atoms with Crippen LogP contribution < -0.4 is 9.47 Å². The van der Waals surface area contributed by atoms with Crippen molar-refractivity contribution in [3.63, 3.8) is 0 Å². The maximum absolute atomic E-state index is 12.2. The summed E-state index contributed by atoms with van der Waals surface area (Å²) in [6.45, 7) is 2.86. The highest BCUT2D eigenvalue weighted by Gasteiger charge is 2.08. The van der Waals surface area contributed by atoms with Crippen molar-refractivity contribution >= 4 is 5.97 Å². The number of ether oxygens (including phenoxy) is 2. The van der Waals surface area contributed by atoms with Gasteiger partial charge in [-0.3, -0.25) is 0 Å². The Morgan fingerprint density at radius 2 is 1.65 bits per heavy atom. The van der Waals surface area contributed by atoms with Crippen LogP contribution in [0.1, 0.15) is 48.5 Å². The molecule has 4 nitrogen and oxygen atoms in total. The molecule has 0 saturated heterocycles. The van der Waals surface area contributed by atoms with Gasteiger partial charge >= 0.3 is 5.97 Å². The zero-order chi connectivity index (χ0) is 18.6. The Morgan fingerprint density at radius 1 is 0.962 bits per heavy atom. The number of hydrogen-bond acceptors (Lipinski definition) is 4. The van der Waals surface area contributed by atoms with E-state index in [2.05, 4.69) is 18.8 Å². The van der Waals surface area contributed by atoms with Gasteiger partial charge in [-0.1, -0.05) is 32.1 Å². The summed E-state index contributed by atoms with van der Waals surface area (Å²) in [7, 11) is 0. The van der Waals surface area contributed by atoms with Gasteiger partial charge in [0.05, 0.1) is 12.2 Å². The van der Waals surface area contributed by atoms with Crippen molar-refractivity contribution in [2.45, 2.75) is 32.6 Å². The van der Waals surface area contributed by atoms with E-state index in [1.807, 2.05) is 0 Å². The maximum Gasteiger partial charge on any atom is 0.343 e. The fourth-order valence-corrected chi connectivity index (χ4v) is 2.28. The highest BCUT2D eigenvalue weighted by atomic mass is 16.5. The second kappa shape index (κ2) is 10.6. The first-order valence-corrected chi connectivity index (χ1v) is 8.68. The molecule has 0 aliphatic rings. The Bertz CT molecular complexity index is 806. The standard InChI is InChI=1S/C22H21NO3/c1-2-3-4-5-17-25-20-14-10-19(11-15-20)22(24)26-21-12-8-18(9-13-21)7-6-16-23/h8-15H,2-5,17H2,1H3. The minimum absolute atomic E-state index is 0.425. The Morgan fingerprint density at radius 3 is 2.31 bits per heavy atom. The summed E-state index contributed by atoms with van der Waals surface area (Å²) in [6.07, 6.45) is 4.63. The van der Waals surface area contributed by atoms with Crippen molar-refractivity contribution in [1.29, 1.82) is 5.26 Å². The molecule has 4 heteroatoms. The van der Waals surface area contributed by atoms with Crippen LogP contribution in [-0.4, -0.2) is 12.6 Å². The predicted octanol–water partition coefficient (Wildman–Crippen LogP) is 4.74. The third-order valence-corrected chi connectivity index (χ3v) is 3.68. The van der Waals surface area contributed by atoms with E-state index in [9.17, 15) is 4.79 Å². The van der Waals surface area contributed by atoms with Gasteiger partial charge in [-0.05, 0) is 55.0 Å². The molecule has 0 radical (unpaired) electrons. The predicted molar refractivity (Wildman–Crippen MR) is 100.0 cm³/mol. The van der Waals surface area contributed by atoms with E-state index in [0.717, 1.165) is 12.2 Å². The lowest BCUT2D eigenvalue weighted by molar-refractivity contribution is 0.0734. The fraction of sp³-hybridized carbons (Fsp3) is 0.273. The molecule has 0 spiro atoms. The lowest BCUT2D eigenvalue weighted by Gasteiger charge is -2.07. The summed E-state index contributed by atoms with van der Waals surface area (Å²) < 4.78 is 11.0. The molecule has 0 aliphatic carbocycles. The highest BCUT2D eigenvalue weighted by Crippen LogP contribution is 2.17. The van der Waals surface area contributed by atoms with Gasteiger partial charge in [-0.15, -0.1) is 0 Å². The van der Waals surface area contributed by atoms with Gasteiger partial charge in [0.2, 0.25) is 0 Å². The van der Waals surface area contributed by atoms with Gasteiger partial charge in [-0.25, -0.2) is 4.79 Å². The molecule has 132 valence electrons. The van der Waals surface area contributed by atoms with Gasteiger partial charge in [0.15, 0.2) is 6.07 Å². The third-order valence-electron chi connectivity index (χ3n) is 3.68. The maximum atomic E-state index is 12.2. The summed E-state index contributed by atoms with van der Waals surface area (Å²) in [4.78, 5) is 12.2. The molecule has 2 aromatic rings. The molecule has 0 N–H and O–H groups in total. The SMILES string of the molecule is CCCCCCOc1ccc(C(=O)Oc2ccc(C#CC#N)cc2)cc1. The van der Waals surface area contributed by atoms with E-state index in [1.54, 1.807) is 54.6 Å². The highest BCUT2D eigenvalue weighted by molar-refractivity contribution is 5.91. The first-order valence-electron chi connectivity index (χ1n) is 8.68. The van der Waals surface area contributed by atoms with Crippen LogP contribution in [0.4, 0.5) is 0 Å². The van der Waals surface area contributed by atoms with Gasteiger partial charge < -0.3 is 9.47 Å². The summed E-state index contributed by atoms with van der Waals surface area (Å²) in [5, 5.41) is 8.43. The van der Waals surface area contributed by atoms with Crippen LogP contribution >= 0.6 is 0 Å². The molecule has 0 amide bonds. The van der Waals surface area contributed by atoms with E-state index in [0.29, 0.717) is 23.5 Å². The van der Waals surface area contributed by atoms with Gasteiger partial charge in [0, 0.05) is 11.5 Å². The molecule has 0 fully saturated rings. The number of hydrogen-bond donors (Lipinski definition) is 0. The average molecular weight is 347 g/mol. The molecule has 0 heterocycles. The van der Waals surface area contributed by atoms with E-state index < -0.39 is 5.97 Å². The monoisotopic (exact) mass is 347 g/mol. The number of benzene rings is 2. The third kappa shape index (κ3) is 6.34. The van der Waals surface area contributed by atoms with Gasteiger partial charge in [0.25, 0.3) is 0 Å². The molecule has 0 unspecified atom stereocenters. The Balaban J connectivity index is 1.86. The van der Waals surface area contributed by atoms with Crippen molar-refractivity contribution in [1.82, 2.24) is 0 Å². The van der Waals surface area contributed by atoms with E-state index >= 15 is 0 Å². The normalized spacial score (nSPS) is 9.54. The first kappa shape index (κ1) is 19.1. The quantitative estimate of drug-likeness (QED) is 0.299. The van der Waals surface area contributed by atoms with Crippen molar-refractivity contribution in [2.24, 2.45) is 0 Å². The number of nitriles is 1. The van der Waals surface area contributed by atoms with Crippen LogP contribution in [0.25, 0.3) is 0 Å². The van der Waals surface area contributed by atoms with E-state index in [4.69, 9.17) is 14.7 Å². The largest absolute Gasteiger partial charge is 0.494 e. The van der Waals surface area contributed by atoms with Gasteiger partial charge in [-0.2, -0.15) is 5.26 Å². The lowest BCUT2D eigenvalue weighted by atomic mass is 10.2. The molecular weight excluding hydrogens is 326 g/mol. The van der Waals surface area contributed by atoms with E-state index in [1.165, 1.54) is 19.3 Å². The van der Waals surface area contributed by atoms with Crippen LogP contribution in [0.15, 0.2) is 48.5 Å². The Hall–Kier alpha value is -3.24. The first-order chi connectivity index (χ1) is 12.7. The van der Waals surface area contributed by atoms with Crippen LogP contribution in [0.5, 0.6) is 11.5 Å². The molecule has 2 rings (SSSR count). The van der Waals surface area contributed by atoms with Crippen LogP contribution in [0.2, 0.25) is 0 Å². The molecule has 0 aliphatic heterocycles. The molecule has 0 aromatic heterocycles. The van der Waals surface area contributed by atoms with Crippen molar-refractivity contribution in [3.05, 3.63) is 59.7 Å². The summed E-state index contributed by atoms with van der Waals surface area (Å²) in [5.74, 6) is 5.73. The number of carbonyl (C=O) groups is 1. The second-order valence-electron chi connectivity index (χ2n) is 5.71. The smallest absolute Gasteiger partial charge is 0.343 e. The number of rotatable bonds is 8. The summed E-state index contributed by atoms with van der Waals surface area (Å²) in [6, 6.07) is 15.4. The molecule has 2 aromatic carbocycles. The second-order valence-corrected chi connectivity index (χ2v) is 5.71. The lowest BCUT2D eigenvalue weighted by Crippen LogP contribution is -2.08. The summed E-state index contributed by atoms with van der Waals surface area (Å²) >= 11 is 0. The topological polar surface area (TPSA) is 59.3 Å². The average Bonchev–Trinajstić information content (AvgIpc) is 2.68. The Labute approximate surface area is 154 Å². The minimum Gasteiger partial charge on any atom is -0.494 e. The number of carbonyl (C=O) groups excluding carboxylic acids is 1. The van der Waals surface area contributed by atoms with Crippen LogP contribution in [-0.2, 0) is 0 Å². The van der Waals surface area contributed by atoms with Crippen molar-refractivity contribution in [3.8, 4) is 29.4 Å². The molecule has 0 saturated carbocycles. The summed E-state index contributed by atoms with van der Waals surface area (Å²) in [5.41, 5.74) is 1.14. The molecule has 26 heavy (non-hydrogen) atoms. The minimum atomic E-state index is -0.435. The molecule has 0 atom stereocenters. The number of unbranched alkanes of at least 4 members (excludes halogenated alkanes) is 3. The Kier molecular flexibility index (Phi) is 7.77.